The van der Waals surface area contributed by atoms with Crippen molar-refractivity contribution >= 4 is 44.6 Å². The summed E-state index contributed by atoms with van der Waals surface area (Å²) in [5.41, 5.74) is -1.42. The number of nitrogens with zero attached hydrogens (tertiary/aromatic N) is 1. The Kier molecular flexibility index (Phi) is 4.27. The second kappa shape index (κ2) is 6.10. The smallest absolute Gasteiger partial charge is 0.345 e. The molecule has 0 atom stereocenters. The number of hydrogen-bond donors (Lipinski definition) is 0. The molecule has 0 spiro atoms. The van der Waals surface area contributed by atoms with Gasteiger partial charge in [-0.1, -0.05) is 0 Å². The summed E-state index contributed by atoms with van der Waals surface area (Å²) in [6.45, 7) is 1.57. The van der Waals surface area contributed by atoms with Crippen LogP contribution >= 0.6 is 22.9 Å². The van der Waals surface area contributed by atoms with E-state index in [1.807, 2.05) is 0 Å². The molecule has 1 aromatic carbocycles. The minimum Gasteiger partial charge on any atom is -0.462 e. The van der Waals surface area contributed by atoms with Crippen LogP contribution < -0.4 is 5.43 Å². The lowest BCUT2D eigenvalue weighted by Crippen LogP contribution is -2.21. The second-order valence-electron chi connectivity index (χ2n) is 4.81. The molecule has 0 aliphatic carbocycles. The molecule has 0 radical (unpaired) electrons. The van der Waals surface area contributed by atoms with E-state index in [0.29, 0.717) is 11.8 Å². The molecule has 0 saturated carbocycles. The summed E-state index contributed by atoms with van der Waals surface area (Å²) in [5, 5.41) is 1.04. The zero-order valence-corrected chi connectivity index (χ0v) is 13.7. The van der Waals surface area contributed by atoms with E-state index in [1.165, 1.54) is 5.38 Å². The molecule has 4 nitrogen and oxygen atoms in total. The first-order valence-corrected chi connectivity index (χ1v) is 8.19. The summed E-state index contributed by atoms with van der Waals surface area (Å²) in [4.78, 5) is 24.8. The molecule has 0 aliphatic heterocycles. The molecule has 0 saturated heterocycles. The Morgan fingerprint density at radius 3 is 2.67 bits per heavy atom. The van der Waals surface area contributed by atoms with Gasteiger partial charge in [0.2, 0.25) is 5.43 Å². The molecule has 0 unspecified atom stereocenters. The Balaban J connectivity index is 2.61. The van der Waals surface area contributed by atoms with Gasteiger partial charge in [-0.25, -0.2) is 18.0 Å². The van der Waals surface area contributed by atoms with Gasteiger partial charge < -0.3 is 4.74 Å². The highest BCUT2D eigenvalue weighted by Gasteiger charge is 2.26. The molecule has 2 aromatic heterocycles. The fourth-order valence-electron chi connectivity index (χ4n) is 2.46. The molecule has 3 aromatic rings. The maximum atomic E-state index is 14.3. The summed E-state index contributed by atoms with van der Waals surface area (Å²) in [6, 6.07) is 0.570. The van der Waals surface area contributed by atoms with Crippen molar-refractivity contribution in [2.45, 2.75) is 12.8 Å². The maximum absolute atomic E-state index is 14.3. The van der Waals surface area contributed by atoms with Crippen molar-refractivity contribution in [2.75, 3.05) is 6.61 Å². The van der Waals surface area contributed by atoms with Crippen molar-refractivity contribution in [1.29, 1.82) is 0 Å². The number of carbonyl (C=O) groups excluding carboxylic acids is 1. The number of pyridine rings is 1. The molecule has 24 heavy (non-hydrogen) atoms. The maximum Gasteiger partial charge on any atom is 0.345 e. The van der Waals surface area contributed by atoms with Crippen LogP contribution in [0.1, 0.15) is 23.0 Å². The van der Waals surface area contributed by atoms with Gasteiger partial charge in [-0.3, -0.25) is 9.20 Å². The summed E-state index contributed by atoms with van der Waals surface area (Å²) in [7, 11) is 0. The summed E-state index contributed by atoms with van der Waals surface area (Å²) in [5.74, 6) is -5.74. The lowest BCUT2D eigenvalue weighted by atomic mass is 10.1. The number of ether oxygens (including phenoxy) is 1. The van der Waals surface area contributed by atoms with E-state index in [9.17, 15) is 22.8 Å². The summed E-state index contributed by atoms with van der Waals surface area (Å²) in [6.07, 6.45) is 0. The first kappa shape index (κ1) is 16.8. The molecule has 2 heterocycles. The average Bonchev–Trinajstić information content (AvgIpc) is 2.96. The van der Waals surface area contributed by atoms with Crippen LogP contribution in [0.5, 0.6) is 0 Å². The minimum atomic E-state index is -1.70. The molecule has 0 N–H and O–H groups in total. The molecule has 0 amide bonds. The van der Waals surface area contributed by atoms with E-state index in [2.05, 4.69) is 0 Å². The number of benzene rings is 1. The highest BCUT2D eigenvalue weighted by molar-refractivity contribution is 7.16. The predicted octanol–water partition coefficient (Wildman–Crippen LogP) is 3.85. The van der Waals surface area contributed by atoms with Crippen LogP contribution in [0.15, 0.2) is 16.2 Å². The van der Waals surface area contributed by atoms with Gasteiger partial charge in [0.05, 0.1) is 23.4 Å². The summed E-state index contributed by atoms with van der Waals surface area (Å²) >= 11 is 6.77. The highest BCUT2D eigenvalue weighted by atomic mass is 35.5. The van der Waals surface area contributed by atoms with E-state index >= 15 is 0 Å². The lowest BCUT2D eigenvalue weighted by Gasteiger charge is -2.10. The molecular formula is C15H9ClF3NO3S. The number of aromatic nitrogens is 1. The van der Waals surface area contributed by atoms with Gasteiger partial charge in [0.25, 0.3) is 0 Å². The molecular weight excluding hydrogens is 367 g/mol. The predicted molar refractivity (Wildman–Crippen MR) is 84.4 cm³/mol. The zero-order chi connectivity index (χ0) is 17.6. The Bertz CT molecular complexity index is 1040. The van der Waals surface area contributed by atoms with Gasteiger partial charge in [0.15, 0.2) is 17.5 Å². The van der Waals surface area contributed by atoms with Crippen LogP contribution in [0.25, 0.3) is 15.7 Å². The van der Waals surface area contributed by atoms with Gasteiger partial charge in [-0.05, 0) is 13.0 Å². The minimum absolute atomic E-state index is 0.0162. The monoisotopic (exact) mass is 375 g/mol. The molecule has 9 heteroatoms. The van der Waals surface area contributed by atoms with Crippen LogP contribution in [0.4, 0.5) is 13.2 Å². The zero-order valence-electron chi connectivity index (χ0n) is 12.2. The van der Waals surface area contributed by atoms with Gasteiger partial charge >= 0.3 is 5.97 Å². The molecule has 3 rings (SSSR count). The number of hydrogen-bond acceptors (Lipinski definition) is 4. The quantitative estimate of drug-likeness (QED) is 0.397. The van der Waals surface area contributed by atoms with Gasteiger partial charge in [0, 0.05) is 11.1 Å². The number of rotatable bonds is 3. The van der Waals surface area contributed by atoms with Gasteiger partial charge in [-0.15, -0.1) is 22.9 Å². The van der Waals surface area contributed by atoms with E-state index in [4.69, 9.17) is 16.3 Å². The SMILES string of the molecule is CCOC(=O)c1c(=O)c2cc(F)c(F)c(F)c2n2c(CCl)csc12. The average molecular weight is 376 g/mol. The number of carbonyl (C=O) groups is 1. The third-order valence-electron chi connectivity index (χ3n) is 3.46. The van der Waals surface area contributed by atoms with Crippen LogP contribution in [-0.4, -0.2) is 17.0 Å². The normalized spacial score (nSPS) is 11.4. The first-order chi connectivity index (χ1) is 11.4. The third kappa shape index (κ3) is 2.29. The van der Waals surface area contributed by atoms with Crippen molar-refractivity contribution in [3.63, 3.8) is 0 Å². The molecule has 0 aliphatic rings. The number of fused-ring (bicyclic) bond motifs is 3. The van der Waals surface area contributed by atoms with E-state index in [-0.39, 0.29) is 22.9 Å². The number of esters is 1. The van der Waals surface area contributed by atoms with Crippen molar-refractivity contribution in [3.8, 4) is 0 Å². The Morgan fingerprint density at radius 1 is 1.33 bits per heavy atom. The summed E-state index contributed by atoms with van der Waals surface area (Å²) < 4.78 is 47.5. The Hall–Kier alpha value is -2.06. The standard InChI is InChI=1S/C15H9ClF3NO3S/c1-2-23-15(22)9-13(21)7-3-8(17)10(18)11(19)12(7)20-6(4-16)5-24-14(9)20/h3,5H,2,4H2,1H3. The molecule has 126 valence electrons. The van der Waals surface area contributed by atoms with Crippen molar-refractivity contribution in [2.24, 2.45) is 0 Å². The van der Waals surface area contributed by atoms with Crippen LogP contribution in [0, 0.1) is 17.5 Å². The number of halogens is 4. The van der Waals surface area contributed by atoms with E-state index in [0.717, 1.165) is 15.7 Å². The first-order valence-electron chi connectivity index (χ1n) is 6.77. The topological polar surface area (TPSA) is 47.8 Å². The van der Waals surface area contributed by atoms with E-state index < -0.39 is 39.8 Å². The third-order valence-corrected chi connectivity index (χ3v) is 4.73. The lowest BCUT2D eigenvalue weighted by molar-refractivity contribution is 0.0527. The van der Waals surface area contributed by atoms with Crippen LogP contribution in [-0.2, 0) is 10.6 Å². The largest absolute Gasteiger partial charge is 0.462 e. The fourth-order valence-corrected chi connectivity index (χ4v) is 3.79. The Labute approximate surface area is 142 Å². The second-order valence-corrected chi connectivity index (χ2v) is 5.93. The van der Waals surface area contributed by atoms with Gasteiger partial charge in [0.1, 0.15) is 10.4 Å². The van der Waals surface area contributed by atoms with Crippen LogP contribution in [0.2, 0.25) is 0 Å². The number of thiazole rings is 1. The van der Waals surface area contributed by atoms with Crippen LogP contribution in [0.3, 0.4) is 0 Å². The Morgan fingerprint density at radius 2 is 2.04 bits per heavy atom. The van der Waals surface area contributed by atoms with Crippen molar-refractivity contribution in [3.05, 3.63) is 50.4 Å². The van der Waals surface area contributed by atoms with Gasteiger partial charge in [-0.2, -0.15) is 0 Å². The van der Waals surface area contributed by atoms with Crippen molar-refractivity contribution in [1.82, 2.24) is 4.40 Å². The van der Waals surface area contributed by atoms with Crippen molar-refractivity contribution < 1.29 is 22.7 Å². The molecule has 0 bridgehead atoms. The van der Waals surface area contributed by atoms with E-state index in [1.54, 1.807) is 6.92 Å². The highest BCUT2D eigenvalue weighted by Crippen LogP contribution is 2.29. The fraction of sp³-hybridized carbons (Fsp3) is 0.200. The number of alkyl halides is 1. The molecule has 0 fully saturated rings.